The maximum atomic E-state index is 11.9. The molecule has 0 atom stereocenters. The van der Waals surface area contributed by atoms with Gasteiger partial charge in [-0.25, -0.2) is 0 Å². The number of hydrogen-bond donors (Lipinski definition) is 0. The Morgan fingerprint density at radius 2 is 2.14 bits per heavy atom. The molecule has 0 saturated carbocycles. The molecule has 1 aromatic carbocycles. The molecule has 0 heterocycles. The zero-order chi connectivity index (χ0) is 10.6. The summed E-state index contributed by atoms with van der Waals surface area (Å²) in [6.45, 7) is -2.94. The molecule has 3 nitrogen and oxygen atoms in total. The summed E-state index contributed by atoms with van der Waals surface area (Å²) in [7, 11) is 1.28. The van der Waals surface area contributed by atoms with Crippen LogP contribution in [0.25, 0.3) is 0 Å². The van der Waals surface area contributed by atoms with Gasteiger partial charge in [0.05, 0.1) is 12.7 Å². The number of rotatable bonds is 4. The van der Waals surface area contributed by atoms with Crippen LogP contribution < -0.4 is 9.47 Å². The predicted octanol–water partition coefficient (Wildman–Crippen LogP) is 2.11. The fourth-order valence-electron chi connectivity index (χ4n) is 1.03. The van der Waals surface area contributed by atoms with Gasteiger partial charge in [-0.2, -0.15) is 8.78 Å². The Morgan fingerprint density at radius 1 is 1.43 bits per heavy atom. The van der Waals surface area contributed by atoms with E-state index in [4.69, 9.17) is 4.74 Å². The molecule has 0 saturated heterocycles. The van der Waals surface area contributed by atoms with Crippen LogP contribution in [0.15, 0.2) is 18.2 Å². The highest BCUT2D eigenvalue weighted by Crippen LogP contribution is 2.30. The van der Waals surface area contributed by atoms with Gasteiger partial charge in [-0.05, 0) is 12.1 Å². The molecule has 0 aromatic heterocycles. The second-order valence-electron chi connectivity index (χ2n) is 2.37. The number of ether oxygens (including phenoxy) is 2. The minimum absolute atomic E-state index is 0.0165. The highest BCUT2D eigenvalue weighted by molar-refractivity contribution is 5.81. The van der Waals surface area contributed by atoms with Crippen LogP contribution in [-0.2, 0) is 0 Å². The fraction of sp³-hybridized carbons (Fsp3) is 0.222. The Balaban J connectivity index is 3.08. The number of carbonyl (C=O) groups is 1. The molecule has 0 aliphatic carbocycles. The van der Waals surface area contributed by atoms with Crippen LogP contribution in [0.3, 0.4) is 0 Å². The van der Waals surface area contributed by atoms with E-state index in [2.05, 4.69) is 4.74 Å². The van der Waals surface area contributed by atoms with Crippen molar-refractivity contribution in [1.29, 1.82) is 0 Å². The van der Waals surface area contributed by atoms with Gasteiger partial charge in [-0.3, -0.25) is 4.79 Å². The average molecular weight is 202 g/mol. The fourth-order valence-corrected chi connectivity index (χ4v) is 1.03. The summed E-state index contributed by atoms with van der Waals surface area (Å²) >= 11 is 0. The SMILES string of the molecule is COc1c(C=O)cccc1OC(F)F. The van der Waals surface area contributed by atoms with Crippen molar-refractivity contribution in [3.05, 3.63) is 23.8 Å². The molecular weight excluding hydrogens is 194 g/mol. The Morgan fingerprint density at radius 3 is 2.64 bits per heavy atom. The van der Waals surface area contributed by atoms with Gasteiger partial charge in [0.1, 0.15) is 0 Å². The first-order chi connectivity index (χ1) is 6.69. The monoisotopic (exact) mass is 202 g/mol. The summed E-state index contributed by atoms with van der Waals surface area (Å²) in [5.41, 5.74) is 0.172. The zero-order valence-corrected chi connectivity index (χ0v) is 7.37. The van der Waals surface area contributed by atoms with Gasteiger partial charge in [0.2, 0.25) is 0 Å². The van der Waals surface area contributed by atoms with Crippen LogP contribution >= 0.6 is 0 Å². The molecule has 0 radical (unpaired) electrons. The summed E-state index contributed by atoms with van der Waals surface area (Å²) in [6.07, 6.45) is 0.511. The number of para-hydroxylation sites is 1. The van der Waals surface area contributed by atoms with E-state index in [1.165, 1.54) is 25.3 Å². The van der Waals surface area contributed by atoms with Crippen molar-refractivity contribution in [2.24, 2.45) is 0 Å². The van der Waals surface area contributed by atoms with Crippen molar-refractivity contribution in [3.8, 4) is 11.5 Å². The van der Waals surface area contributed by atoms with Gasteiger partial charge >= 0.3 is 6.61 Å². The van der Waals surface area contributed by atoms with E-state index in [1.807, 2.05) is 0 Å². The zero-order valence-electron chi connectivity index (χ0n) is 7.37. The Labute approximate surface area is 79.2 Å². The minimum Gasteiger partial charge on any atom is -0.492 e. The number of carbonyl (C=O) groups excluding carboxylic acids is 1. The number of aldehydes is 1. The smallest absolute Gasteiger partial charge is 0.387 e. The summed E-state index contributed by atoms with van der Waals surface area (Å²) in [6, 6.07) is 4.19. The highest BCUT2D eigenvalue weighted by Gasteiger charge is 2.13. The van der Waals surface area contributed by atoms with Crippen molar-refractivity contribution in [2.75, 3.05) is 7.11 Å². The van der Waals surface area contributed by atoms with Crippen molar-refractivity contribution in [3.63, 3.8) is 0 Å². The second kappa shape index (κ2) is 4.55. The van der Waals surface area contributed by atoms with Crippen molar-refractivity contribution < 1.29 is 23.0 Å². The second-order valence-corrected chi connectivity index (χ2v) is 2.37. The Kier molecular flexibility index (Phi) is 3.39. The molecule has 14 heavy (non-hydrogen) atoms. The van der Waals surface area contributed by atoms with E-state index < -0.39 is 6.61 Å². The molecule has 0 spiro atoms. The van der Waals surface area contributed by atoms with E-state index in [0.717, 1.165) is 0 Å². The van der Waals surface area contributed by atoms with Gasteiger partial charge in [0.25, 0.3) is 0 Å². The molecular formula is C9H8F2O3. The maximum Gasteiger partial charge on any atom is 0.387 e. The quantitative estimate of drug-likeness (QED) is 0.701. The lowest BCUT2D eigenvalue weighted by Gasteiger charge is -2.10. The van der Waals surface area contributed by atoms with Crippen LogP contribution in [0.2, 0.25) is 0 Å². The van der Waals surface area contributed by atoms with Crippen molar-refractivity contribution in [2.45, 2.75) is 6.61 Å². The van der Waals surface area contributed by atoms with Gasteiger partial charge in [0.15, 0.2) is 17.8 Å². The number of halogens is 2. The van der Waals surface area contributed by atoms with Crippen LogP contribution in [0, 0.1) is 0 Å². The molecule has 0 aliphatic rings. The van der Waals surface area contributed by atoms with Crippen LogP contribution in [-0.4, -0.2) is 20.0 Å². The van der Waals surface area contributed by atoms with E-state index in [1.54, 1.807) is 0 Å². The maximum absolute atomic E-state index is 11.9. The van der Waals surface area contributed by atoms with Crippen molar-refractivity contribution in [1.82, 2.24) is 0 Å². The molecule has 1 aromatic rings. The predicted molar refractivity (Wildman–Crippen MR) is 45.0 cm³/mol. The third kappa shape index (κ3) is 2.18. The van der Waals surface area contributed by atoms with Crippen LogP contribution in [0.1, 0.15) is 10.4 Å². The molecule has 0 unspecified atom stereocenters. The lowest BCUT2D eigenvalue weighted by molar-refractivity contribution is -0.0512. The van der Waals surface area contributed by atoms with E-state index in [-0.39, 0.29) is 17.1 Å². The van der Waals surface area contributed by atoms with Crippen LogP contribution in [0.5, 0.6) is 11.5 Å². The summed E-state index contributed by atoms with van der Waals surface area (Å²) in [4.78, 5) is 10.5. The normalized spacial score (nSPS) is 10.0. The van der Waals surface area contributed by atoms with Crippen LogP contribution in [0.4, 0.5) is 8.78 Å². The van der Waals surface area contributed by atoms with Gasteiger partial charge in [0, 0.05) is 0 Å². The first-order valence-electron chi connectivity index (χ1n) is 3.76. The largest absolute Gasteiger partial charge is 0.492 e. The third-order valence-corrected chi connectivity index (χ3v) is 1.56. The van der Waals surface area contributed by atoms with Crippen molar-refractivity contribution >= 4 is 6.29 Å². The Bertz CT molecular complexity index is 326. The molecule has 0 aliphatic heterocycles. The summed E-state index contributed by atoms with van der Waals surface area (Å²) in [5.74, 6) is -0.130. The topological polar surface area (TPSA) is 35.5 Å². The van der Waals surface area contributed by atoms with Gasteiger partial charge in [-0.1, -0.05) is 6.07 Å². The van der Waals surface area contributed by atoms with Gasteiger partial charge in [-0.15, -0.1) is 0 Å². The lowest BCUT2D eigenvalue weighted by Crippen LogP contribution is -2.04. The third-order valence-electron chi connectivity index (χ3n) is 1.56. The summed E-state index contributed by atoms with van der Waals surface area (Å²) in [5, 5.41) is 0. The summed E-state index contributed by atoms with van der Waals surface area (Å²) < 4.78 is 32.8. The number of methoxy groups -OCH3 is 1. The van der Waals surface area contributed by atoms with Gasteiger partial charge < -0.3 is 9.47 Å². The number of alkyl halides is 2. The average Bonchev–Trinajstić information content (AvgIpc) is 2.16. The molecule has 0 N–H and O–H groups in total. The molecule has 0 bridgehead atoms. The number of benzene rings is 1. The standard InChI is InChI=1S/C9H8F2O3/c1-13-8-6(5-12)3-2-4-7(8)14-9(10)11/h2-5,9H,1H3. The lowest BCUT2D eigenvalue weighted by atomic mass is 10.2. The Hall–Kier alpha value is -1.65. The molecule has 1 rings (SSSR count). The number of hydrogen-bond acceptors (Lipinski definition) is 3. The first kappa shape index (κ1) is 10.4. The molecule has 76 valence electrons. The van der Waals surface area contributed by atoms with E-state index >= 15 is 0 Å². The minimum atomic E-state index is -2.94. The molecule has 0 fully saturated rings. The first-order valence-corrected chi connectivity index (χ1v) is 3.76. The highest BCUT2D eigenvalue weighted by atomic mass is 19.3. The van der Waals surface area contributed by atoms with E-state index in [0.29, 0.717) is 6.29 Å². The molecule has 5 heteroatoms. The van der Waals surface area contributed by atoms with E-state index in [9.17, 15) is 13.6 Å². The molecule has 0 amide bonds.